The van der Waals surface area contributed by atoms with Crippen molar-refractivity contribution < 1.29 is 36.0 Å². The lowest BCUT2D eigenvalue weighted by atomic mass is 10.1. The van der Waals surface area contributed by atoms with Gasteiger partial charge in [-0.15, -0.1) is 0 Å². The number of halogens is 1. The summed E-state index contributed by atoms with van der Waals surface area (Å²) in [5, 5.41) is 0. The number of esters is 2. The number of likely N-dealkylation sites (N-methyl/N-ethyl adjacent to an activating group) is 1. The summed E-state index contributed by atoms with van der Waals surface area (Å²) in [5.74, 6) is -0.338. The van der Waals surface area contributed by atoms with Gasteiger partial charge in [0.15, 0.2) is 6.10 Å². The number of ether oxygens (including phenoxy) is 2. The number of quaternary nitrogens is 1. The molecule has 0 heterocycles. The highest BCUT2D eigenvalue weighted by Gasteiger charge is 2.25. The van der Waals surface area contributed by atoms with E-state index in [-0.39, 0.29) is 31.0 Å². The van der Waals surface area contributed by atoms with E-state index in [4.69, 9.17) is 9.47 Å². The Labute approximate surface area is 311 Å². The van der Waals surface area contributed by atoms with E-state index in [1.165, 1.54) is 128 Å². The molecule has 0 aromatic carbocycles. The third-order valence-electron chi connectivity index (χ3n) is 9.57. The highest BCUT2D eigenvalue weighted by molar-refractivity contribution is 5.70. The molecular formula is C43H82ClNO4. The summed E-state index contributed by atoms with van der Waals surface area (Å²) in [6.07, 6.45) is 42.1. The molecule has 0 bridgehead atoms. The van der Waals surface area contributed by atoms with Gasteiger partial charge in [0.1, 0.15) is 13.2 Å². The zero-order chi connectivity index (χ0) is 35.4. The maximum absolute atomic E-state index is 12.7. The SMILES string of the molecule is CCCCCCCC/C=C/CCCCCCCC(=O)OCC(C[N+](C)(C)CC)OC(=O)CCCCCCC/C=C/CCCCCCCC.[Cl-]. The topological polar surface area (TPSA) is 52.6 Å². The van der Waals surface area contributed by atoms with E-state index in [9.17, 15) is 9.59 Å². The van der Waals surface area contributed by atoms with Gasteiger partial charge in [-0.05, 0) is 71.1 Å². The molecule has 0 radical (unpaired) electrons. The Morgan fingerprint density at radius 3 is 1.24 bits per heavy atom. The molecule has 6 heteroatoms. The van der Waals surface area contributed by atoms with Gasteiger partial charge < -0.3 is 26.4 Å². The van der Waals surface area contributed by atoms with E-state index in [0.29, 0.717) is 19.4 Å². The third kappa shape index (κ3) is 37.7. The molecule has 0 saturated heterocycles. The zero-order valence-corrected chi connectivity index (χ0v) is 34.0. The second-order valence-electron chi connectivity index (χ2n) is 14.9. The van der Waals surface area contributed by atoms with Crippen molar-refractivity contribution >= 4 is 11.9 Å². The maximum Gasteiger partial charge on any atom is 0.306 e. The van der Waals surface area contributed by atoms with E-state index in [0.717, 1.165) is 49.6 Å². The van der Waals surface area contributed by atoms with E-state index >= 15 is 0 Å². The van der Waals surface area contributed by atoms with Crippen molar-refractivity contribution in [2.24, 2.45) is 0 Å². The number of carbonyl (C=O) groups is 2. The maximum atomic E-state index is 12.7. The van der Waals surface area contributed by atoms with E-state index in [1.54, 1.807) is 0 Å². The van der Waals surface area contributed by atoms with E-state index in [2.05, 4.69) is 59.2 Å². The number of hydrogen-bond donors (Lipinski definition) is 0. The van der Waals surface area contributed by atoms with Gasteiger partial charge in [-0.1, -0.05) is 141 Å². The first-order valence-corrected chi connectivity index (χ1v) is 20.8. The summed E-state index contributed by atoms with van der Waals surface area (Å²) in [5.41, 5.74) is 0. The number of carbonyl (C=O) groups excluding carboxylic acids is 2. The molecule has 0 aliphatic heterocycles. The van der Waals surface area contributed by atoms with Gasteiger partial charge in [-0.2, -0.15) is 0 Å². The van der Waals surface area contributed by atoms with Gasteiger partial charge >= 0.3 is 11.9 Å². The van der Waals surface area contributed by atoms with Gasteiger partial charge in [-0.25, -0.2) is 0 Å². The fourth-order valence-corrected chi connectivity index (χ4v) is 5.99. The summed E-state index contributed by atoms with van der Waals surface area (Å²) >= 11 is 0. The minimum Gasteiger partial charge on any atom is -1.00 e. The fraction of sp³-hybridized carbons (Fsp3) is 0.860. The Balaban J connectivity index is 0. The van der Waals surface area contributed by atoms with Crippen molar-refractivity contribution in [2.45, 2.75) is 207 Å². The van der Waals surface area contributed by atoms with Crippen LogP contribution in [0.25, 0.3) is 0 Å². The quantitative estimate of drug-likeness (QED) is 0.0281. The molecule has 49 heavy (non-hydrogen) atoms. The second kappa shape index (κ2) is 37.9. The van der Waals surface area contributed by atoms with E-state index in [1.807, 2.05) is 0 Å². The molecule has 0 N–H and O–H groups in total. The van der Waals surface area contributed by atoms with Crippen molar-refractivity contribution in [3.8, 4) is 0 Å². The standard InChI is InChI=1S/C43H82NO4.ClH/c1-6-9-11-13-15-17-19-21-23-25-27-29-31-33-35-37-42(45)47-40-41(39-44(4,5)8-3)48-43(46)38-36-34-32-30-28-26-24-22-20-18-16-14-12-10-7-2;/h21-24,41H,6-20,25-40H2,1-5H3;1H/q+1;/p-1/b23-21+,24-22+;. The van der Waals surface area contributed by atoms with Crippen LogP contribution in [0.5, 0.6) is 0 Å². The van der Waals surface area contributed by atoms with Gasteiger partial charge in [-0.3, -0.25) is 9.59 Å². The molecule has 0 aromatic rings. The highest BCUT2D eigenvalue weighted by Crippen LogP contribution is 2.14. The molecule has 290 valence electrons. The van der Waals surface area contributed by atoms with E-state index < -0.39 is 6.10 Å². The minimum atomic E-state index is -0.395. The van der Waals surface area contributed by atoms with Crippen molar-refractivity contribution in [1.29, 1.82) is 0 Å². The smallest absolute Gasteiger partial charge is 0.306 e. The molecule has 0 aliphatic rings. The van der Waals surface area contributed by atoms with Crippen LogP contribution in [-0.4, -0.2) is 56.3 Å². The molecule has 0 fully saturated rings. The lowest BCUT2D eigenvalue weighted by molar-refractivity contribution is -0.891. The molecule has 0 saturated carbocycles. The molecule has 5 nitrogen and oxygen atoms in total. The number of rotatable bonds is 36. The van der Waals surface area contributed by atoms with Crippen LogP contribution in [-0.2, 0) is 19.1 Å². The van der Waals surface area contributed by atoms with Gasteiger partial charge in [0, 0.05) is 12.8 Å². The van der Waals surface area contributed by atoms with Crippen LogP contribution in [0.4, 0.5) is 0 Å². The van der Waals surface area contributed by atoms with Crippen LogP contribution in [0, 0.1) is 0 Å². The summed E-state index contributed by atoms with van der Waals surface area (Å²) in [6, 6.07) is 0. The monoisotopic (exact) mass is 712 g/mol. The summed E-state index contributed by atoms with van der Waals surface area (Å²) < 4.78 is 12.2. The van der Waals surface area contributed by atoms with Crippen molar-refractivity contribution in [2.75, 3.05) is 33.8 Å². The predicted octanol–water partition coefficient (Wildman–Crippen LogP) is 9.62. The first kappa shape index (κ1) is 49.8. The third-order valence-corrected chi connectivity index (χ3v) is 9.57. The Kier molecular flexibility index (Phi) is 38.5. The summed E-state index contributed by atoms with van der Waals surface area (Å²) in [6.45, 7) is 8.39. The van der Waals surface area contributed by atoms with Gasteiger partial charge in [0.25, 0.3) is 0 Å². The molecular weight excluding hydrogens is 630 g/mol. The van der Waals surface area contributed by atoms with Gasteiger partial charge in [0.05, 0.1) is 20.6 Å². The minimum absolute atomic E-state index is 0. The lowest BCUT2D eigenvalue weighted by Crippen LogP contribution is -3.00. The zero-order valence-electron chi connectivity index (χ0n) is 33.3. The van der Waals surface area contributed by atoms with Crippen LogP contribution in [0.15, 0.2) is 24.3 Å². The molecule has 0 amide bonds. The molecule has 0 rings (SSSR count). The van der Waals surface area contributed by atoms with Crippen LogP contribution in [0.2, 0.25) is 0 Å². The van der Waals surface area contributed by atoms with Crippen LogP contribution in [0.3, 0.4) is 0 Å². The lowest BCUT2D eigenvalue weighted by Gasteiger charge is -2.31. The largest absolute Gasteiger partial charge is 1.00 e. The summed E-state index contributed by atoms with van der Waals surface area (Å²) in [7, 11) is 4.25. The summed E-state index contributed by atoms with van der Waals surface area (Å²) in [4.78, 5) is 25.1. The van der Waals surface area contributed by atoms with Crippen LogP contribution >= 0.6 is 0 Å². The Hall–Kier alpha value is -1.33. The van der Waals surface area contributed by atoms with Crippen molar-refractivity contribution in [3.05, 3.63) is 24.3 Å². The van der Waals surface area contributed by atoms with Crippen LogP contribution in [0.1, 0.15) is 201 Å². The van der Waals surface area contributed by atoms with Crippen molar-refractivity contribution in [1.82, 2.24) is 0 Å². The highest BCUT2D eigenvalue weighted by atomic mass is 35.5. The molecule has 0 aliphatic carbocycles. The van der Waals surface area contributed by atoms with Gasteiger partial charge in [0.2, 0.25) is 0 Å². The predicted molar refractivity (Wildman–Crippen MR) is 207 cm³/mol. The first-order valence-electron chi connectivity index (χ1n) is 20.8. The Morgan fingerprint density at radius 1 is 0.510 bits per heavy atom. The molecule has 0 spiro atoms. The fourth-order valence-electron chi connectivity index (χ4n) is 5.99. The number of allylic oxidation sites excluding steroid dienone is 4. The van der Waals surface area contributed by atoms with Crippen molar-refractivity contribution in [3.63, 3.8) is 0 Å². The average Bonchev–Trinajstić information content (AvgIpc) is 3.07. The van der Waals surface area contributed by atoms with Crippen LogP contribution < -0.4 is 12.4 Å². The second-order valence-corrected chi connectivity index (χ2v) is 14.9. The normalized spacial score (nSPS) is 12.4. The average molecular weight is 713 g/mol. The number of nitrogens with zero attached hydrogens (tertiary/aromatic N) is 1. The Morgan fingerprint density at radius 2 is 0.857 bits per heavy atom. The molecule has 0 aromatic heterocycles. The number of hydrogen-bond acceptors (Lipinski definition) is 4. The number of unbranched alkanes of at least 4 members (excludes halogenated alkanes) is 22. The Bertz CT molecular complexity index is 782. The first-order chi connectivity index (χ1) is 23.3. The molecule has 1 unspecified atom stereocenters. The molecule has 1 atom stereocenters.